The Kier molecular flexibility index (Phi) is 6.12. The van der Waals surface area contributed by atoms with Crippen LogP contribution in [0.15, 0.2) is 59.7 Å². The molecular weight excluding hydrogens is 456 g/mol. The highest BCUT2D eigenvalue weighted by molar-refractivity contribution is 5.93. The van der Waals surface area contributed by atoms with Crippen molar-refractivity contribution >= 4 is 16.9 Å². The number of imidazole rings is 1. The molecule has 0 unspecified atom stereocenters. The third kappa shape index (κ3) is 4.27. The van der Waals surface area contributed by atoms with Gasteiger partial charge in [0.15, 0.2) is 11.5 Å². The van der Waals surface area contributed by atoms with Crippen LogP contribution in [0.4, 0.5) is 0 Å². The summed E-state index contributed by atoms with van der Waals surface area (Å²) >= 11 is 0. The third-order valence-electron chi connectivity index (χ3n) is 6.52. The van der Waals surface area contributed by atoms with Gasteiger partial charge in [-0.25, -0.2) is 23.9 Å². The van der Waals surface area contributed by atoms with Crippen molar-refractivity contribution in [3.8, 4) is 28.6 Å². The van der Waals surface area contributed by atoms with E-state index in [2.05, 4.69) is 9.97 Å². The first kappa shape index (κ1) is 23.8. The van der Waals surface area contributed by atoms with Crippen LogP contribution in [0.2, 0.25) is 0 Å². The number of fused-ring (bicyclic) bond motifs is 1. The van der Waals surface area contributed by atoms with Crippen molar-refractivity contribution in [3.05, 3.63) is 65.3 Å². The summed E-state index contributed by atoms with van der Waals surface area (Å²) in [5, 5.41) is 0. The molecule has 2 aromatic heterocycles. The number of hydrogen-bond donors (Lipinski definition) is 0. The minimum Gasteiger partial charge on any atom is -0.493 e. The van der Waals surface area contributed by atoms with Crippen LogP contribution in [0.5, 0.6) is 11.5 Å². The number of carbonyl (C=O) groups is 1. The zero-order valence-corrected chi connectivity index (χ0v) is 21.0. The summed E-state index contributed by atoms with van der Waals surface area (Å²) in [5.41, 5.74) is 1.55. The molecule has 1 aliphatic rings. The first-order valence-electron chi connectivity index (χ1n) is 12.2. The number of ether oxygens (including phenoxy) is 2. The van der Waals surface area contributed by atoms with Crippen LogP contribution in [0, 0.1) is 5.41 Å². The Labute approximate surface area is 209 Å². The molecule has 1 aliphatic carbocycles. The van der Waals surface area contributed by atoms with Gasteiger partial charge in [-0.15, -0.1) is 0 Å². The molecule has 0 saturated heterocycles. The Morgan fingerprint density at radius 2 is 1.61 bits per heavy atom. The Morgan fingerprint density at radius 3 is 2.25 bits per heavy atom. The molecule has 0 spiro atoms. The van der Waals surface area contributed by atoms with Gasteiger partial charge in [0.05, 0.1) is 24.2 Å². The molecule has 2 heterocycles. The summed E-state index contributed by atoms with van der Waals surface area (Å²) in [6, 6.07) is 12.9. The SMILES string of the molecule is COc1ccc(-c2cnc(-n3c(=O)n(C(=O)C(C)(C)C)c4ccccc43)nc2)cc1OC1CCCC1. The highest BCUT2D eigenvalue weighted by Gasteiger charge is 2.29. The van der Waals surface area contributed by atoms with Gasteiger partial charge in [0.2, 0.25) is 11.9 Å². The summed E-state index contributed by atoms with van der Waals surface area (Å²) < 4.78 is 14.3. The van der Waals surface area contributed by atoms with Crippen molar-refractivity contribution in [1.82, 2.24) is 19.1 Å². The van der Waals surface area contributed by atoms with Gasteiger partial charge >= 0.3 is 5.69 Å². The largest absolute Gasteiger partial charge is 0.493 e. The van der Waals surface area contributed by atoms with E-state index in [0.717, 1.165) is 24.0 Å². The lowest BCUT2D eigenvalue weighted by Gasteiger charge is -2.17. The van der Waals surface area contributed by atoms with E-state index in [9.17, 15) is 9.59 Å². The highest BCUT2D eigenvalue weighted by atomic mass is 16.5. The van der Waals surface area contributed by atoms with Crippen molar-refractivity contribution in [2.45, 2.75) is 52.6 Å². The fraction of sp³-hybridized carbons (Fsp3) is 0.357. The number of aromatic nitrogens is 4. The van der Waals surface area contributed by atoms with Crippen LogP contribution in [0.25, 0.3) is 28.1 Å². The standard InChI is InChI=1S/C28H30N4O4/c1-28(2,3)25(33)31-21-11-7-8-12-22(21)32(27(31)34)26-29-16-19(17-30-26)18-13-14-23(35-4)24(15-18)36-20-9-5-6-10-20/h7-8,11-17,20H,5-6,9-10H2,1-4H3. The smallest absolute Gasteiger partial charge is 0.343 e. The van der Waals surface area contributed by atoms with Crippen LogP contribution in [0.1, 0.15) is 51.2 Å². The minimum absolute atomic E-state index is 0.202. The number of methoxy groups -OCH3 is 1. The summed E-state index contributed by atoms with van der Waals surface area (Å²) in [5.74, 6) is 1.31. The Balaban J connectivity index is 1.53. The van der Waals surface area contributed by atoms with Crippen LogP contribution in [0.3, 0.4) is 0 Å². The molecule has 1 saturated carbocycles. The van der Waals surface area contributed by atoms with Crippen molar-refractivity contribution in [3.63, 3.8) is 0 Å². The highest BCUT2D eigenvalue weighted by Crippen LogP contribution is 2.35. The van der Waals surface area contributed by atoms with E-state index >= 15 is 0 Å². The molecule has 36 heavy (non-hydrogen) atoms. The lowest BCUT2D eigenvalue weighted by atomic mass is 9.95. The van der Waals surface area contributed by atoms with Crippen molar-refractivity contribution in [2.24, 2.45) is 5.41 Å². The number of carbonyl (C=O) groups excluding carboxylic acids is 1. The van der Waals surface area contributed by atoms with Gasteiger partial charge in [-0.05, 0) is 55.5 Å². The quantitative estimate of drug-likeness (QED) is 0.382. The van der Waals surface area contributed by atoms with Crippen LogP contribution < -0.4 is 15.2 Å². The van der Waals surface area contributed by atoms with E-state index in [1.54, 1.807) is 58.5 Å². The molecule has 5 rings (SSSR count). The van der Waals surface area contributed by atoms with E-state index in [4.69, 9.17) is 9.47 Å². The maximum absolute atomic E-state index is 13.4. The number of benzene rings is 2. The van der Waals surface area contributed by atoms with Crippen LogP contribution in [-0.2, 0) is 0 Å². The van der Waals surface area contributed by atoms with Crippen molar-refractivity contribution in [2.75, 3.05) is 7.11 Å². The van der Waals surface area contributed by atoms with Crippen molar-refractivity contribution in [1.29, 1.82) is 0 Å². The number of para-hydroxylation sites is 2. The second-order valence-electron chi connectivity index (χ2n) is 10.2. The zero-order chi connectivity index (χ0) is 25.4. The third-order valence-corrected chi connectivity index (χ3v) is 6.52. The molecule has 1 fully saturated rings. The second kappa shape index (κ2) is 9.26. The Bertz CT molecular complexity index is 1470. The van der Waals surface area contributed by atoms with E-state index in [-0.39, 0.29) is 18.0 Å². The van der Waals surface area contributed by atoms with E-state index in [0.29, 0.717) is 22.5 Å². The molecule has 8 nitrogen and oxygen atoms in total. The van der Waals surface area contributed by atoms with Gasteiger partial charge in [0.25, 0.3) is 0 Å². The molecule has 0 aliphatic heterocycles. The summed E-state index contributed by atoms with van der Waals surface area (Å²) in [7, 11) is 1.63. The van der Waals surface area contributed by atoms with Crippen molar-refractivity contribution < 1.29 is 14.3 Å². The maximum Gasteiger partial charge on any atom is 0.343 e. The van der Waals surface area contributed by atoms with Gasteiger partial charge in [-0.1, -0.05) is 39.0 Å². The first-order chi connectivity index (χ1) is 17.3. The molecule has 2 aromatic carbocycles. The Morgan fingerprint density at radius 1 is 0.944 bits per heavy atom. The van der Waals surface area contributed by atoms with E-state index < -0.39 is 11.1 Å². The second-order valence-corrected chi connectivity index (χ2v) is 10.2. The number of rotatable bonds is 5. The van der Waals surface area contributed by atoms with Gasteiger partial charge in [-0.3, -0.25) is 4.79 Å². The summed E-state index contributed by atoms with van der Waals surface area (Å²) in [6.07, 6.45) is 8.00. The van der Waals surface area contributed by atoms with Gasteiger partial charge < -0.3 is 9.47 Å². The zero-order valence-electron chi connectivity index (χ0n) is 21.0. The minimum atomic E-state index is -0.726. The molecule has 0 radical (unpaired) electrons. The average Bonchev–Trinajstić information content (AvgIpc) is 3.48. The van der Waals surface area contributed by atoms with Gasteiger partial charge in [0.1, 0.15) is 0 Å². The lowest BCUT2D eigenvalue weighted by Crippen LogP contribution is -2.35. The van der Waals surface area contributed by atoms with Gasteiger partial charge in [-0.2, -0.15) is 0 Å². The number of hydrogen-bond acceptors (Lipinski definition) is 6. The Hall–Kier alpha value is -3.94. The first-order valence-corrected chi connectivity index (χ1v) is 12.2. The maximum atomic E-state index is 13.4. The van der Waals surface area contributed by atoms with Crippen LogP contribution in [-0.4, -0.2) is 38.2 Å². The molecule has 0 atom stereocenters. The topological polar surface area (TPSA) is 88.2 Å². The molecule has 8 heteroatoms. The van der Waals surface area contributed by atoms with Crippen LogP contribution >= 0.6 is 0 Å². The fourth-order valence-electron chi connectivity index (χ4n) is 4.59. The predicted octanol–water partition coefficient (Wildman–Crippen LogP) is 5.27. The summed E-state index contributed by atoms with van der Waals surface area (Å²) in [4.78, 5) is 35.5. The summed E-state index contributed by atoms with van der Waals surface area (Å²) in [6.45, 7) is 5.37. The van der Waals surface area contributed by atoms with E-state index in [1.807, 2.05) is 24.3 Å². The lowest BCUT2D eigenvalue weighted by molar-refractivity contribution is 0.0767. The average molecular weight is 487 g/mol. The molecule has 4 aromatic rings. The fourth-order valence-corrected chi connectivity index (χ4v) is 4.59. The normalized spacial score (nSPS) is 14.3. The molecule has 0 bridgehead atoms. The molecule has 186 valence electrons. The molecule has 0 N–H and O–H groups in total. The monoisotopic (exact) mass is 486 g/mol. The van der Waals surface area contributed by atoms with E-state index in [1.165, 1.54) is 22.0 Å². The number of nitrogens with zero attached hydrogens (tertiary/aromatic N) is 4. The van der Waals surface area contributed by atoms with Gasteiger partial charge in [0, 0.05) is 23.4 Å². The predicted molar refractivity (Wildman–Crippen MR) is 138 cm³/mol. The molecule has 0 amide bonds. The molecular formula is C28H30N4O4.